The zero-order valence-corrected chi connectivity index (χ0v) is 15.5. The van der Waals surface area contributed by atoms with Gasteiger partial charge in [-0.05, 0) is 41.7 Å². The first kappa shape index (κ1) is 17.3. The molecule has 0 spiro atoms. The van der Waals surface area contributed by atoms with E-state index in [4.69, 9.17) is 23.2 Å². The fourth-order valence-corrected chi connectivity index (χ4v) is 4.08. The molecule has 1 fully saturated rings. The van der Waals surface area contributed by atoms with E-state index in [1.54, 1.807) is 0 Å². The molecule has 3 rings (SSSR count). The Bertz CT molecular complexity index is 721. The number of anilines is 1. The Balaban J connectivity index is 1.84. The third-order valence-electron chi connectivity index (χ3n) is 4.86. The molecule has 0 amide bonds. The summed E-state index contributed by atoms with van der Waals surface area (Å²) in [5, 5.41) is 1.39. The molecule has 0 aromatic heterocycles. The third-order valence-corrected chi connectivity index (χ3v) is 5.47. The van der Waals surface area contributed by atoms with Crippen molar-refractivity contribution in [2.75, 3.05) is 18.0 Å². The van der Waals surface area contributed by atoms with Crippen molar-refractivity contribution in [3.8, 4) is 0 Å². The Kier molecular flexibility index (Phi) is 5.17. The van der Waals surface area contributed by atoms with Crippen LogP contribution in [0, 0.1) is 0 Å². The number of nitrogens with zero attached hydrogens (tertiary/aromatic N) is 1. The summed E-state index contributed by atoms with van der Waals surface area (Å²) in [7, 11) is 0. The molecule has 24 heavy (non-hydrogen) atoms. The summed E-state index contributed by atoms with van der Waals surface area (Å²) >= 11 is 12.6. The summed E-state index contributed by atoms with van der Waals surface area (Å²) < 4.78 is 0. The summed E-state index contributed by atoms with van der Waals surface area (Å²) in [4.78, 5) is 13.6. The van der Waals surface area contributed by atoms with E-state index in [0.29, 0.717) is 16.0 Å². The van der Waals surface area contributed by atoms with Crippen LogP contribution in [-0.2, 0) is 12.8 Å². The molecule has 2 nitrogen and oxygen atoms in total. The highest BCUT2D eigenvalue weighted by molar-refractivity contribution is 6.39. The minimum absolute atomic E-state index is 0.452. The summed E-state index contributed by atoms with van der Waals surface area (Å²) in [6, 6.07) is 10.0. The van der Waals surface area contributed by atoms with Gasteiger partial charge in [0.05, 0.1) is 15.7 Å². The van der Waals surface area contributed by atoms with Crippen LogP contribution in [0.15, 0.2) is 30.3 Å². The largest absolute Gasteiger partial charge is 0.368 e. The average molecular weight is 362 g/mol. The van der Waals surface area contributed by atoms with Crippen LogP contribution in [0.5, 0.6) is 0 Å². The van der Waals surface area contributed by atoms with Crippen molar-refractivity contribution in [2.24, 2.45) is 0 Å². The lowest BCUT2D eigenvalue weighted by molar-refractivity contribution is 0.112. The highest BCUT2D eigenvalue weighted by Crippen LogP contribution is 2.40. The molecule has 1 heterocycles. The minimum Gasteiger partial charge on any atom is -0.368 e. The Morgan fingerprint density at radius 2 is 1.62 bits per heavy atom. The maximum absolute atomic E-state index is 11.4. The summed E-state index contributed by atoms with van der Waals surface area (Å²) in [6.07, 6.45) is 2.75. The molecule has 0 radical (unpaired) electrons. The maximum Gasteiger partial charge on any atom is 0.150 e. The standard InChI is InChI=1S/C20H21Cl2NO/c1-3-13-8-15(9-14(4-2)17(13)12-24)16-10-23(11-16)20-18(21)6-5-7-19(20)22/h5-9,12,16H,3-4,10-11H2,1-2H3. The number of benzene rings is 2. The summed E-state index contributed by atoms with van der Waals surface area (Å²) in [5.74, 6) is 0.452. The molecule has 126 valence electrons. The van der Waals surface area contributed by atoms with E-state index in [1.807, 2.05) is 18.2 Å². The monoisotopic (exact) mass is 361 g/mol. The molecule has 0 atom stereocenters. The number of hydrogen-bond acceptors (Lipinski definition) is 2. The van der Waals surface area contributed by atoms with Crippen molar-refractivity contribution in [1.82, 2.24) is 0 Å². The zero-order chi connectivity index (χ0) is 17.3. The van der Waals surface area contributed by atoms with Crippen LogP contribution in [0.4, 0.5) is 5.69 Å². The second-order valence-corrected chi connectivity index (χ2v) is 7.06. The van der Waals surface area contributed by atoms with E-state index in [9.17, 15) is 4.79 Å². The van der Waals surface area contributed by atoms with Crippen LogP contribution >= 0.6 is 23.2 Å². The minimum atomic E-state index is 0.452. The van der Waals surface area contributed by atoms with E-state index in [2.05, 4.69) is 30.9 Å². The van der Waals surface area contributed by atoms with Crippen LogP contribution in [0.1, 0.15) is 46.8 Å². The predicted molar refractivity (Wildman–Crippen MR) is 102 cm³/mol. The van der Waals surface area contributed by atoms with Gasteiger partial charge < -0.3 is 4.90 Å². The molecule has 0 aliphatic carbocycles. The molecule has 1 aliphatic heterocycles. The summed E-state index contributed by atoms with van der Waals surface area (Å²) in [5.41, 5.74) is 5.40. The molecule has 2 aromatic rings. The van der Waals surface area contributed by atoms with Gasteiger partial charge >= 0.3 is 0 Å². The van der Waals surface area contributed by atoms with Gasteiger partial charge in [-0.15, -0.1) is 0 Å². The second-order valence-electron chi connectivity index (χ2n) is 6.25. The number of carbonyl (C=O) groups excluding carboxylic acids is 1. The number of hydrogen-bond donors (Lipinski definition) is 0. The van der Waals surface area contributed by atoms with Crippen molar-refractivity contribution < 1.29 is 4.79 Å². The van der Waals surface area contributed by atoms with Crippen LogP contribution in [-0.4, -0.2) is 19.4 Å². The molecule has 0 N–H and O–H groups in total. The topological polar surface area (TPSA) is 20.3 Å². The van der Waals surface area contributed by atoms with Crippen molar-refractivity contribution >= 4 is 35.2 Å². The molecular formula is C20H21Cl2NO. The van der Waals surface area contributed by atoms with E-state index >= 15 is 0 Å². The van der Waals surface area contributed by atoms with Crippen LogP contribution in [0.3, 0.4) is 0 Å². The maximum atomic E-state index is 11.4. The van der Waals surface area contributed by atoms with Gasteiger partial charge in [0.15, 0.2) is 6.29 Å². The molecule has 1 aliphatic rings. The smallest absolute Gasteiger partial charge is 0.150 e. The first-order valence-electron chi connectivity index (χ1n) is 8.38. The van der Waals surface area contributed by atoms with Gasteiger partial charge in [-0.2, -0.15) is 0 Å². The van der Waals surface area contributed by atoms with Crippen molar-refractivity contribution in [3.05, 3.63) is 62.6 Å². The number of rotatable bonds is 5. The van der Waals surface area contributed by atoms with Crippen LogP contribution in [0.2, 0.25) is 10.0 Å². The number of para-hydroxylation sites is 1. The van der Waals surface area contributed by atoms with E-state index in [-0.39, 0.29) is 0 Å². The van der Waals surface area contributed by atoms with Crippen LogP contribution in [0.25, 0.3) is 0 Å². The molecule has 4 heteroatoms. The van der Waals surface area contributed by atoms with Crippen molar-refractivity contribution in [2.45, 2.75) is 32.6 Å². The predicted octanol–water partition coefficient (Wildman–Crippen LogP) is 5.53. The van der Waals surface area contributed by atoms with Gasteiger partial charge in [0.1, 0.15) is 0 Å². The Morgan fingerprint density at radius 1 is 1.08 bits per heavy atom. The second kappa shape index (κ2) is 7.16. The normalized spacial score (nSPS) is 14.6. The van der Waals surface area contributed by atoms with Gasteiger partial charge in [-0.1, -0.05) is 55.2 Å². The lowest BCUT2D eigenvalue weighted by Crippen LogP contribution is -2.45. The quantitative estimate of drug-likeness (QED) is 0.652. The molecular weight excluding hydrogens is 341 g/mol. The van der Waals surface area contributed by atoms with Crippen LogP contribution < -0.4 is 4.90 Å². The van der Waals surface area contributed by atoms with Crippen molar-refractivity contribution in [1.29, 1.82) is 0 Å². The molecule has 0 unspecified atom stereocenters. The Hall–Kier alpha value is -1.51. The Labute approximate surface area is 153 Å². The Morgan fingerprint density at radius 3 is 2.08 bits per heavy atom. The molecule has 0 saturated carbocycles. The lowest BCUT2D eigenvalue weighted by atomic mass is 9.85. The van der Waals surface area contributed by atoms with Gasteiger partial charge in [-0.3, -0.25) is 4.79 Å². The van der Waals surface area contributed by atoms with Crippen molar-refractivity contribution in [3.63, 3.8) is 0 Å². The van der Waals surface area contributed by atoms with Gasteiger partial charge in [-0.25, -0.2) is 0 Å². The van der Waals surface area contributed by atoms with Gasteiger partial charge in [0.25, 0.3) is 0 Å². The molecule has 2 aromatic carbocycles. The zero-order valence-electron chi connectivity index (χ0n) is 14.0. The number of halogens is 2. The fourth-order valence-electron chi connectivity index (χ4n) is 3.44. The highest BCUT2D eigenvalue weighted by Gasteiger charge is 2.31. The molecule has 1 saturated heterocycles. The van der Waals surface area contributed by atoms with E-state index < -0.39 is 0 Å². The number of aldehydes is 1. The number of aryl methyl sites for hydroxylation is 2. The average Bonchev–Trinajstić information content (AvgIpc) is 2.55. The third kappa shape index (κ3) is 3.05. The molecule has 0 bridgehead atoms. The van der Waals surface area contributed by atoms with Gasteiger partial charge in [0.2, 0.25) is 0 Å². The van der Waals surface area contributed by atoms with Gasteiger partial charge in [0, 0.05) is 24.6 Å². The summed E-state index contributed by atoms with van der Waals surface area (Å²) in [6.45, 7) is 6.00. The first-order valence-corrected chi connectivity index (χ1v) is 9.14. The van der Waals surface area contributed by atoms with E-state index in [1.165, 1.54) is 5.56 Å². The first-order chi connectivity index (χ1) is 11.6. The number of carbonyl (C=O) groups is 1. The van der Waals surface area contributed by atoms with E-state index in [0.717, 1.165) is 54.6 Å². The highest BCUT2D eigenvalue weighted by atomic mass is 35.5. The lowest BCUT2D eigenvalue weighted by Gasteiger charge is -2.42. The SMILES string of the molecule is CCc1cc(C2CN(c3c(Cl)cccc3Cl)C2)cc(CC)c1C=O. The fraction of sp³-hybridized carbons (Fsp3) is 0.350.